The number of thiazole rings is 1. The molecule has 1 heterocycles. The van der Waals surface area contributed by atoms with Gasteiger partial charge in [-0.25, -0.2) is 10.4 Å². The number of ether oxygens (including phenoxy) is 1. The highest BCUT2D eigenvalue weighted by Gasteiger charge is 2.15. The lowest BCUT2D eigenvalue weighted by molar-refractivity contribution is 0.0958. The van der Waals surface area contributed by atoms with E-state index in [1.165, 1.54) is 0 Å². The monoisotopic (exact) mass is 448 g/mol. The number of anilines is 1. The first-order valence-electron chi connectivity index (χ1n) is 8.72. The number of benzene rings is 2. The summed E-state index contributed by atoms with van der Waals surface area (Å²) < 4.78 is 5.74. The SMILES string of the molecule is CCc1nc(N)sc1C(=O)NN=Cc1ccc(OCc2c(Cl)cccc2Cl)cc1. The van der Waals surface area contributed by atoms with Gasteiger partial charge in [0.1, 0.15) is 17.2 Å². The first-order chi connectivity index (χ1) is 14.0. The fourth-order valence-corrected chi connectivity index (χ4v) is 3.80. The van der Waals surface area contributed by atoms with Gasteiger partial charge < -0.3 is 10.5 Å². The van der Waals surface area contributed by atoms with Crippen LogP contribution in [0.5, 0.6) is 5.75 Å². The Hall–Kier alpha value is -2.61. The number of rotatable bonds is 7. The minimum Gasteiger partial charge on any atom is -0.489 e. The van der Waals surface area contributed by atoms with Crippen molar-refractivity contribution < 1.29 is 9.53 Å². The molecule has 1 aromatic heterocycles. The number of hydrogen-bond donors (Lipinski definition) is 2. The second kappa shape index (κ2) is 9.73. The van der Waals surface area contributed by atoms with Crippen LogP contribution >= 0.6 is 34.5 Å². The predicted molar refractivity (Wildman–Crippen MR) is 118 cm³/mol. The second-order valence-electron chi connectivity index (χ2n) is 5.94. The van der Waals surface area contributed by atoms with Crippen LogP contribution in [0, 0.1) is 0 Å². The van der Waals surface area contributed by atoms with E-state index in [0.717, 1.165) is 22.5 Å². The maximum Gasteiger partial charge on any atom is 0.283 e. The number of nitrogen functional groups attached to an aromatic ring is 1. The quantitative estimate of drug-likeness (QED) is 0.395. The number of nitrogens with two attached hydrogens (primary N) is 1. The van der Waals surface area contributed by atoms with Crippen molar-refractivity contribution in [3.63, 3.8) is 0 Å². The molecule has 3 N–H and O–H groups in total. The van der Waals surface area contributed by atoms with Crippen molar-refractivity contribution in [2.45, 2.75) is 20.0 Å². The molecule has 150 valence electrons. The number of nitrogens with zero attached hydrogens (tertiary/aromatic N) is 2. The third-order valence-corrected chi connectivity index (χ3v) is 5.59. The molecule has 29 heavy (non-hydrogen) atoms. The Balaban J connectivity index is 1.57. The zero-order valence-electron chi connectivity index (χ0n) is 15.5. The number of carbonyl (C=O) groups excluding carboxylic acids is 1. The summed E-state index contributed by atoms with van der Waals surface area (Å²) in [6.07, 6.45) is 2.17. The van der Waals surface area contributed by atoms with E-state index in [9.17, 15) is 4.79 Å². The molecule has 0 radical (unpaired) electrons. The summed E-state index contributed by atoms with van der Waals surface area (Å²) >= 11 is 13.4. The fourth-order valence-electron chi connectivity index (χ4n) is 2.48. The van der Waals surface area contributed by atoms with Gasteiger partial charge in [0.05, 0.1) is 11.9 Å². The summed E-state index contributed by atoms with van der Waals surface area (Å²) in [4.78, 5) is 16.8. The van der Waals surface area contributed by atoms with Crippen molar-refractivity contribution in [1.29, 1.82) is 0 Å². The zero-order valence-corrected chi connectivity index (χ0v) is 17.8. The molecule has 2 aromatic carbocycles. The van der Waals surface area contributed by atoms with Crippen molar-refractivity contribution in [3.05, 3.63) is 74.2 Å². The Kier molecular flexibility index (Phi) is 7.09. The first-order valence-corrected chi connectivity index (χ1v) is 10.3. The summed E-state index contributed by atoms with van der Waals surface area (Å²) in [6, 6.07) is 12.6. The summed E-state index contributed by atoms with van der Waals surface area (Å²) in [5.74, 6) is 0.332. The predicted octanol–water partition coefficient (Wildman–Crippen LogP) is 4.94. The summed E-state index contributed by atoms with van der Waals surface area (Å²) in [7, 11) is 0. The topological polar surface area (TPSA) is 89.6 Å². The van der Waals surface area contributed by atoms with E-state index in [1.807, 2.05) is 19.1 Å². The highest BCUT2D eigenvalue weighted by Crippen LogP contribution is 2.26. The maximum absolute atomic E-state index is 12.2. The average molecular weight is 449 g/mol. The van der Waals surface area contributed by atoms with Gasteiger partial charge in [0.15, 0.2) is 5.13 Å². The number of nitrogens with one attached hydrogen (secondary N) is 1. The molecule has 0 fully saturated rings. The van der Waals surface area contributed by atoms with Gasteiger partial charge in [0.2, 0.25) is 0 Å². The first kappa shape index (κ1) is 21.1. The van der Waals surface area contributed by atoms with Crippen molar-refractivity contribution in [1.82, 2.24) is 10.4 Å². The number of amides is 1. The third kappa shape index (κ3) is 5.47. The van der Waals surface area contributed by atoms with Crippen LogP contribution < -0.4 is 15.9 Å². The van der Waals surface area contributed by atoms with Gasteiger partial charge in [0, 0.05) is 15.6 Å². The van der Waals surface area contributed by atoms with Crippen LogP contribution in [0.25, 0.3) is 0 Å². The van der Waals surface area contributed by atoms with Gasteiger partial charge >= 0.3 is 0 Å². The lowest BCUT2D eigenvalue weighted by Gasteiger charge is -2.09. The maximum atomic E-state index is 12.2. The van der Waals surface area contributed by atoms with Crippen molar-refractivity contribution in [3.8, 4) is 5.75 Å². The molecular formula is C20H18Cl2N4O2S. The van der Waals surface area contributed by atoms with Gasteiger partial charge in [-0.2, -0.15) is 5.10 Å². The van der Waals surface area contributed by atoms with Gasteiger partial charge in [-0.15, -0.1) is 0 Å². The minimum atomic E-state index is -0.330. The highest BCUT2D eigenvalue weighted by molar-refractivity contribution is 7.17. The number of hydrogen-bond acceptors (Lipinski definition) is 6. The molecule has 6 nitrogen and oxygen atoms in total. The molecule has 0 saturated carbocycles. The molecule has 0 bridgehead atoms. The normalized spacial score (nSPS) is 11.0. The van der Waals surface area contributed by atoms with Crippen LogP contribution in [0.3, 0.4) is 0 Å². The number of carbonyl (C=O) groups is 1. The van der Waals surface area contributed by atoms with Crippen LogP contribution in [0.2, 0.25) is 10.0 Å². The summed E-state index contributed by atoms with van der Waals surface area (Å²) in [6.45, 7) is 2.18. The van der Waals surface area contributed by atoms with Crippen LogP contribution in [-0.4, -0.2) is 17.1 Å². The Morgan fingerprint density at radius 2 is 1.93 bits per heavy atom. The Morgan fingerprint density at radius 1 is 1.24 bits per heavy atom. The molecule has 0 unspecified atom stereocenters. The highest BCUT2D eigenvalue weighted by atomic mass is 35.5. The van der Waals surface area contributed by atoms with Crippen LogP contribution in [0.4, 0.5) is 5.13 Å². The van der Waals surface area contributed by atoms with Crippen molar-refractivity contribution in [2.24, 2.45) is 5.10 Å². The second-order valence-corrected chi connectivity index (χ2v) is 7.78. The van der Waals surface area contributed by atoms with E-state index < -0.39 is 0 Å². The van der Waals surface area contributed by atoms with Crippen LogP contribution in [0.15, 0.2) is 47.6 Å². The molecular weight excluding hydrogens is 431 g/mol. The number of hydrazone groups is 1. The summed E-state index contributed by atoms with van der Waals surface area (Å²) in [5.41, 5.74) is 10.4. The third-order valence-electron chi connectivity index (χ3n) is 3.96. The molecule has 0 spiro atoms. The molecule has 0 saturated heterocycles. The van der Waals surface area contributed by atoms with Gasteiger partial charge in [0.25, 0.3) is 5.91 Å². The molecule has 0 aliphatic carbocycles. The molecule has 3 rings (SSSR count). The Labute approximate surface area is 182 Å². The molecule has 9 heteroatoms. The molecule has 1 amide bonds. The van der Waals surface area contributed by atoms with Gasteiger partial charge in [-0.05, 0) is 48.4 Å². The lowest BCUT2D eigenvalue weighted by Crippen LogP contribution is -2.17. The van der Waals surface area contributed by atoms with Crippen LogP contribution in [-0.2, 0) is 13.0 Å². The fraction of sp³-hybridized carbons (Fsp3) is 0.150. The molecule has 0 aliphatic rings. The Bertz CT molecular complexity index is 1020. The molecule has 3 aromatic rings. The van der Waals surface area contributed by atoms with Crippen LogP contribution in [0.1, 0.15) is 33.4 Å². The lowest BCUT2D eigenvalue weighted by atomic mass is 10.2. The van der Waals surface area contributed by atoms with Crippen molar-refractivity contribution in [2.75, 3.05) is 5.73 Å². The average Bonchev–Trinajstić information content (AvgIpc) is 3.09. The Morgan fingerprint density at radius 3 is 2.59 bits per heavy atom. The summed E-state index contributed by atoms with van der Waals surface area (Å²) in [5, 5.41) is 5.47. The molecule has 0 aliphatic heterocycles. The zero-order chi connectivity index (χ0) is 20.8. The standard InChI is InChI=1S/C20H18Cl2N4O2S/c1-2-17-18(29-20(23)25-17)19(27)26-24-10-12-6-8-13(9-7-12)28-11-14-15(21)4-3-5-16(14)22/h3-10H,2,11H2,1H3,(H2,23,25)(H,26,27). The van der Waals surface area contributed by atoms with E-state index in [2.05, 4.69) is 15.5 Å². The van der Waals surface area contributed by atoms with Crippen molar-refractivity contribution >= 4 is 51.8 Å². The van der Waals surface area contributed by atoms with E-state index in [0.29, 0.717) is 37.9 Å². The largest absolute Gasteiger partial charge is 0.489 e. The van der Waals surface area contributed by atoms with E-state index in [4.69, 9.17) is 33.7 Å². The number of aromatic nitrogens is 1. The minimum absolute atomic E-state index is 0.264. The molecule has 0 atom stereocenters. The number of aryl methyl sites for hydroxylation is 1. The van der Waals surface area contributed by atoms with Gasteiger partial charge in [-0.3, -0.25) is 4.79 Å². The van der Waals surface area contributed by atoms with E-state index >= 15 is 0 Å². The smallest absolute Gasteiger partial charge is 0.283 e. The van der Waals surface area contributed by atoms with E-state index in [1.54, 1.807) is 36.5 Å². The number of halogens is 2. The van der Waals surface area contributed by atoms with Gasteiger partial charge in [-0.1, -0.05) is 47.5 Å². The van der Waals surface area contributed by atoms with E-state index in [-0.39, 0.29) is 12.5 Å².